The minimum absolute atomic E-state index is 0.213. The van der Waals surface area contributed by atoms with Crippen molar-refractivity contribution in [2.45, 2.75) is 39.2 Å². The highest BCUT2D eigenvalue weighted by Gasteiger charge is 2.38. The lowest BCUT2D eigenvalue weighted by Crippen LogP contribution is -2.40. The molecule has 1 aliphatic rings. The van der Waals surface area contributed by atoms with Crippen LogP contribution in [0.3, 0.4) is 0 Å². The van der Waals surface area contributed by atoms with Crippen LogP contribution in [-0.2, 0) is 11.2 Å². The highest BCUT2D eigenvalue weighted by atomic mass is 16.4. The Morgan fingerprint density at radius 3 is 2.71 bits per heavy atom. The average molecular weight is 290 g/mol. The van der Waals surface area contributed by atoms with Crippen molar-refractivity contribution in [1.29, 1.82) is 0 Å². The quantitative estimate of drug-likeness (QED) is 0.895. The van der Waals surface area contributed by atoms with Crippen molar-refractivity contribution in [3.05, 3.63) is 29.8 Å². The highest BCUT2D eigenvalue weighted by molar-refractivity contribution is 5.91. The van der Waals surface area contributed by atoms with Crippen molar-refractivity contribution in [3.63, 3.8) is 0 Å². The number of nitrogens with zero attached hydrogens (tertiary/aromatic N) is 1. The number of aliphatic carboxylic acids is 1. The molecule has 0 aromatic heterocycles. The van der Waals surface area contributed by atoms with Crippen LogP contribution in [0.15, 0.2) is 24.3 Å². The summed E-state index contributed by atoms with van der Waals surface area (Å²) >= 11 is 0. The van der Waals surface area contributed by atoms with Crippen LogP contribution < -0.4 is 5.32 Å². The molecule has 0 aliphatic carbocycles. The number of carbonyl (C=O) groups is 2. The van der Waals surface area contributed by atoms with Crippen molar-refractivity contribution in [2.75, 3.05) is 11.9 Å². The minimum Gasteiger partial charge on any atom is -0.481 e. The molecular weight excluding hydrogens is 268 g/mol. The van der Waals surface area contributed by atoms with Crippen LogP contribution in [0, 0.1) is 5.92 Å². The maximum Gasteiger partial charge on any atom is 0.322 e. The van der Waals surface area contributed by atoms with Crippen LogP contribution in [0.2, 0.25) is 0 Å². The van der Waals surface area contributed by atoms with Crippen LogP contribution >= 0.6 is 0 Å². The molecule has 1 aromatic rings. The van der Waals surface area contributed by atoms with Gasteiger partial charge in [-0.2, -0.15) is 0 Å². The number of para-hydroxylation sites is 1. The van der Waals surface area contributed by atoms with Crippen molar-refractivity contribution < 1.29 is 14.7 Å². The van der Waals surface area contributed by atoms with Gasteiger partial charge in [-0.15, -0.1) is 0 Å². The molecule has 0 bridgehead atoms. The number of aryl methyl sites for hydroxylation is 1. The molecule has 1 aliphatic heterocycles. The first kappa shape index (κ1) is 15.4. The Labute approximate surface area is 125 Å². The molecule has 0 spiro atoms. The summed E-state index contributed by atoms with van der Waals surface area (Å²) in [7, 11) is 0. The molecule has 1 saturated heterocycles. The van der Waals surface area contributed by atoms with Gasteiger partial charge >= 0.3 is 12.0 Å². The fourth-order valence-electron chi connectivity index (χ4n) is 2.87. The molecule has 1 aromatic carbocycles. The number of hydrogen-bond acceptors (Lipinski definition) is 2. The number of hydrogen-bond donors (Lipinski definition) is 2. The second-order valence-corrected chi connectivity index (χ2v) is 5.50. The number of amides is 2. The lowest BCUT2D eigenvalue weighted by molar-refractivity contribution is -0.142. The number of rotatable bonds is 4. The van der Waals surface area contributed by atoms with E-state index in [1.54, 1.807) is 11.8 Å². The lowest BCUT2D eigenvalue weighted by atomic mass is 10.0. The molecule has 1 fully saturated rings. The van der Waals surface area contributed by atoms with Crippen LogP contribution in [0.1, 0.15) is 32.3 Å². The Bertz CT molecular complexity index is 530. The molecule has 0 saturated carbocycles. The van der Waals surface area contributed by atoms with Crippen molar-refractivity contribution in [2.24, 2.45) is 5.92 Å². The van der Waals surface area contributed by atoms with Gasteiger partial charge in [-0.1, -0.05) is 31.5 Å². The zero-order valence-corrected chi connectivity index (χ0v) is 12.5. The molecule has 1 heterocycles. The van der Waals surface area contributed by atoms with Gasteiger partial charge in [-0.25, -0.2) is 4.79 Å². The van der Waals surface area contributed by atoms with Crippen molar-refractivity contribution in [3.8, 4) is 0 Å². The Hall–Kier alpha value is -2.04. The molecular formula is C16H22N2O3. The largest absolute Gasteiger partial charge is 0.481 e. The van der Waals surface area contributed by atoms with Gasteiger partial charge in [0, 0.05) is 18.3 Å². The number of likely N-dealkylation sites (tertiary alicyclic amines) is 1. The first-order valence-electron chi connectivity index (χ1n) is 7.43. The Balaban J connectivity index is 2.07. The van der Waals surface area contributed by atoms with E-state index < -0.39 is 11.9 Å². The van der Waals surface area contributed by atoms with E-state index in [-0.39, 0.29) is 12.1 Å². The normalized spacial score (nSPS) is 21.3. The first-order valence-corrected chi connectivity index (χ1v) is 7.43. The molecule has 21 heavy (non-hydrogen) atoms. The zero-order valence-electron chi connectivity index (χ0n) is 12.5. The zero-order chi connectivity index (χ0) is 15.4. The summed E-state index contributed by atoms with van der Waals surface area (Å²) in [5, 5.41) is 12.0. The van der Waals surface area contributed by atoms with E-state index in [0.29, 0.717) is 13.0 Å². The maximum absolute atomic E-state index is 12.4. The summed E-state index contributed by atoms with van der Waals surface area (Å²) in [6.45, 7) is 4.38. The minimum atomic E-state index is -0.829. The number of nitrogens with one attached hydrogen (secondary N) is 1. The summed E-state index contributed by atoms with van der Waals surface area (Å²) in [6.07, 6.45) is 2.43. The van der Waals surface area contributed by atoms with Crippen molar-refractivity contribution >= 4 is 17.7 Å². The predicted molar refractivity (Wildman–Crippen MR) is 81.4 cm³/mol. The molecule has 2 amide bonds. The molecule has 0 radical (unpaired) electrons. The molecule has 5 heteroatoms. The number of carboxylic acid groups (broad SMARTS) is 1. The fourth-order valence-corrected chi connectivity index (χ4v) is 2.87. The summed E-state index contributed by atoms with van der Waals surface area (Å²) < 4.78 is 0. The van der Waals surface area contributed by atoms with Crippen LogP contribution in [0.5, 0.6) is 0 Å². The van der Waals surface area contributed by atoms with E-state index in [1.165, 1.54) is 0 Å². The Kier molecular flexibility index (Phi) is 4.83. The van der Waals surface area contributed by atoms with Gasteiger partial charge in [-0.05, 0) is 31.4 Å². The Morgan fingerprint density at radius 1 is 1.38 bits per heavy atom. The number of benzene rings is 1. The second kappa shape index (κ2) is 6.61. The Morgan fingerprint density at radius 2 is 2.10 bits per heavy atom. The van der Waals surface area contributed by atoms with E-state index in [1.807, 2.05) is 24.3 Å². The molecule has 2 unspecified atom stereocenters. The van der Waals surface area contributed by atoms with Crippen LogP contribution in [-0.4, -0.2) is 34.6 Å². The topological polar surface area (TPSA) is 69.6 Å². The monoisotopic (exact) mass is 290 g/mol. The van der Waals surface area contributed by atoms with Crippen LogP contribution in [0.4, 0.5) is 10.5 Å². The van der Waals surface area contributed by atoms with Gasteiger partial charge in [0.1, 0.15) is 0 Å². The molecule has 2 atom stereocenters. The van der Waals surface area contributed by atoms with Gasteiger partial charge in [-0.3, -0.25) is 4.79 Å². The van der Waals surface area contributed by atoms with Crippen LogP contribution in [0.25, 0.3) is 0 Å². The summed E-state index contributed by atoms with van der Waals surface area (Å²) in [5.41, 5.74) is 1.92. The van der Waals surface area contributed by atoms with E-state index in [4.69, 9.17) is 5.11 Å². The van der Waals surface area contributed by atoms with E-state index in [9.17, 15) is 9.59 Å². The highest BCUT2D eigenvalue weighted by Crippen LogP contribution is 2.26. The van der Waals surface area contributed by atoms with Gasteiger partial charge in [0.15, 0.2) is 0 Å². The van der Waals surface area contributed by atoms with Gasteiger partial charge < -0.3 is 15.3 Å². The molecule has 114 valence electrons. The third-order valence-corrected chi connectivity index (χ3v) is 4.11. The third kappa shape index (κ3) is 3.35. The summed E-state index contributed by atoms with van der Waals surface area (Å²) in [5.74, 6) is -1.30. The molecule has 2 rings (SSSR count). The fraction of sp³-hybridized carbons (Fsp3) is 0.500. The number of anilines is 1. The predicted octanol–water partition coefficient (Wildman–Crippen LogP) is 2.97. The van der Waals surface area contributed by atoms with Gasteiger partial charge in [0.25, 0.3) is 0 Å². The standard InChI is InChI=1S/C16H22N2O3/c1-3-6-12-7-4-5-8-14(12)17-16(21)18-10-9-13(11(18)2)15(19)20/h4-5,7-8,11,13H,3,6,9-10H2,1-2H3,(H,17,21)(H,19,20). The summed E-state index contributed by atoms with van der Waals surface area (Å²) in [6, 6.07) is 7.25. The maximum atomic E-state index is 12.4. The number of carbonyl (C=O) groups excluding carboxylic acids is 1. The molecule has 2 N–H and O–H groups in total. The van der Waals surface area contributed by atoms with E-state index in [0.717, 1.165) is 24.1 Å². The SMILES string of the molecule is CCCc1ccccc1NC(=O)N1CCC(C(=O)O)C1C. The average Bonchev–Trinajstić information content (AvgIpc) is 2.83. The first-order chi connectivity index (χ1) is 10.0. The second-order valence-electron chi connectivity index (χ2n) is 5.50. The number of carboxylic acids is 1. The molecule has 5 nitrogen and oxygen atoms in total. The van der Waals surface area contributed by atoms with Gasteiger partial charge in [0.05, 0.1) is 5.92 Å². The lowest BCUT2D eigenvalue weighted by Gasteiger charge is -2.24. The van der Waals surface area contributed by atoms with Crippen molar-refractivity contribution in [1.82, 2.24) is 4.90 Å². The van der Waals surface area contributed by atoms with E-state index in [2.05, 4.69) is 12.2 Å². The number of urea groups is 1. The smallest absolute Gasteiger partial charge is 0.322 e. The summed E-state index contributed by atoms with van der Waals surface area (Å²) in [4.78, 5) is 25.1. The third-order valence-electron chi connectivity index (χ3n) is 4.11. The van der Waals surface area contributed by atoms with Gasteiger partial charge in [0.2, 0.25) is 0 Å². The van der Waals surface area contributed by atoms with E-state index >= 15 is 0 Å².